The Morgan fingerprint density at radius 2 is 2.00 bits per heavy atom. The third-order valence-electron chi connectivity index (χ3n) is 4.34. The van der Waals surface area contributed by atoms with Gasteiger partial charge in [-0.3, -0.25) is 4.90 Å². The molecule has 1 aliphatic rings. The van der Waals surface area contributed by atoms with Crippen LogP contribution in [0.2, 0.25) is 0 Å². The highest BCUT2D eigenvalue weighted by Gasteiger charge is 2.29. The summed E-state index contributed by atoms with van der Waals surface area (Å²) in [4.78, 5) is 3.74. The van der Waals surface area contributed by atoms with E-state index in [1.807, 2.05) is 4.90 Å². The number of anilines is 1. The number of H-pyrrole nitrogens is 1. The highest BCUT2D eigenvalue weighted by atomic mass is 32.2. The van der Waals surface area contributed by atoms with Gasteiger partial charge < -0.3 is 10.0 Å². The number of sulfonamides is 1. The molecule has 0 radical (unpaired) electrons. The molecule has 10 nitrogen and oxygen atoms in total. The summed E-state index contributed by atoms with van der Waals surface area (Å²) >= 11 is 0. The number of rotatable bonds is 6. The largest absolute Gasteiger partial charge is 0.395 e. The Morgan fingerprint density at radius 3 is 2.54 bits per heavy atom. The highest BCUT2D eigenvalue weighted by Crippen LogP contribution is 2.37. The maximum atomic E-state index is 13.4. The summed E-state index contributed by atoms with van der Waals surface area (Å²) < 4.78 is 37.8. The SMILES string of the molecule is NS(=O)(=O)c1c(CF)ccc(N2CCN(CCO)CC2)c1-c1nn[nH]n1. The molecular weight excluding hydrogens is 365 g/mol. The number of primary sulfonamides is 1. The fourth-order valence-corrected chi connectivity index (χ4v) is 4.12. The van der Waals surface area contributed by atoms with Crippen LogP contribution in [0.4, 0.5) is 10.1 Å². The van der Waals surface area contributed by atoms with Crippen molar-refractivity contribution in [2.45, 2.75) is 11.6 Å². The van der Waals surface area contributed by atoms with Crippen LogP contribution in [-0.2, 0) is 16.7 Å². The van der Waals surface area contributed by atoms with E-state index in [1.54, 1.807) is 6.07 Å². The number of nitrogens with one attached hydrogen (secondary N) is 1. The molecule has 0 unspecified atom stereocenters. The van der Waals surface area contributed by atoms with E-state index in [9.17, 15) is 12.8 Å². The first kappa shape index (κ1) is 18.6. The maximum Gasteiger partial charge on any atom is 0.239 e. The van der Waals surface area contributed by atoms with E-state index in [0.29, 0.717) is 38.4 Å². The maximum absolute atomic E-state index is 13.4. The number of hydrogen-bond donors (Lipinski definition) is 3. The second-order valence-electron chi connectivity index (χ2n) is 5.91. The molecule has 2 aromatic rings. The third-order valence-corrected chi connectivity index (χ3v) is 5.38. The lowest BCUT2D eigenvalue weighted by Gasteiger charge is -2.36. The minimum Gasteiger partial charge on any atom is -0.395 e. The quantitative estimate of drug-likeness (QED) is 0.581. The number of aromatic amines is 1. The lowest BCUT2D eigenvalue weighted by molar-refractivity contribution is 0.189. The summed E-state index contributed by atoms with van der Waals surface area (Å²) in [6.45, 7) is 2.27. The van der Waals surface area contributed by atoms with Crippen molar-refractivity contribution in [1.29, 1.82) is 0 Å². The predicted molar refractivity (Wildman–Crippen MR) is 91.5 cm³/mol. The van der Waals surface area contributed by atoms with Crippen LogP contribution in [0.1, 0.15) is 5.56 Å². The molecule has 1 aliphatic heterocycles. The van der Waals surface area contributed by atoms with Crippen LogP contribution in [0.15, 0.2) is 17.0 Å². The molecular formula is C14H20FN7O3S. The number of hydrogen-bond acceptors (Lipinski definition) is 8. The van der Waals surface area contributed by atoms with Crippen LogP contribution < -0.4 is 10.0 Å². The zero-order valence-electron chi connectivity index (χ0n) is 14.0. The summed E-state index contributed by atoms with van der Waals surface area (Å²) in [5.74, 6) is 0.0390. The molecule has 4 N–H and O–H groups in total. The summed E-state index contributed by atoms with van der Waals surface area (Å²) in [5.41, 5.74) is 0.651. The molecule has 0 bridgehead atoms. The molecule has 3 rings (SSSR count). The molecule has 0 amide bonds. The van der Waals surface area contributed by atoms with Crippen LogP contribution in [0.25, 0.3) is 11.4 Å². The second-order valence-corrected chi connectivity index (χ2v) is 7.41. The van der Waals surface area contributed by atoms with Gasteiger partial charge in [0.2, 0.25) is 15.8 Å². The van der Waals surface area contributed by atoms with Gasteiger partial charge >= 0.3 is 0 Å². The normalized spacial score (nSPS) is 16.2. The van der Waals surface area contributed by atoms with Gasteiger partial charge in [-0.25, -0.2) is 17.9 Å². The van der Waals surface area contributed by atoms with Crippen molar-refractivity contribution in [2.24, 2.45) is 5.14 Å². The number of halogens is 1. The first-order valence-electron chi connectivity index (χ1n) is 8.02. The summed E-state index contributed by atoms with van der Waals surface area (Å²) in [6.07, 6.45) is 0. The molecule has 1 fully saturated rings. The van der Waals surface area contributed by atoms with Gasteiger partial charge in [0.15, 0.2) is 0 Å². The average Bonchev–Trinajstić information content (AvgIpc) is 3.15. The van der Waals surface area contributed by atoms with E-state index < -0.39 is 16.7 Å². The van der Waals surface area contributed by atoms with Crippen LogP contribution in [0, 0.1) is 0 Å². The van der Waals surface area contributed by atoms with Crippen LogP contribution in [0.3, 0.4) is 0 Å². The van der Waals surface area contributed by atoms with Crippen molar-refractivity contribution in [1.82, 2.24) is 25.5 Å². The summed E-state index contributed by atoms with van der Waals surface area (Å²) in [5, 5.41) is 27.9. The smallest absolute Gasteiger partial charge is 0.239 e. The van der Waals surface area contributed by atoms with Crippen molar-refractivity contribution < 1.29 is 17.9 Å². The molecule has 142 valence electrons. The van der Waals surface area contributed by atoms with E-state index in [-0.39, 0.29) is 28.5 Å². The Morgan fingerprint density at radius 1 is 1.27 bits per heavy atom. The van der Waals surface area contributed by atoms with Gasteiger partial charge in [0.25, 0.3) is 0 Å². The molecule has 12 heteroatoms. The Kier molecular flexibility index (Phi) is 5.46. The molecule has 0 spiro atoms. The summed E-state index contributed by atoms with van der Waals surface area (Å²) in [7, 11) is -4.21. The molecule has 1 aromatic carbocycles. The van der Waals surface area contributed by atoms with Crippen molar-refractivity contribution >= 4 is 15.7 Å². The highest BCUT2D eigenvalue weighted by molar-refractivity contribution is 7.89. The van der Waals surface area contributed by atoms with E-state index in [4.69, 9.17) is 10.2 Å². The zero-order valence-corrected chi connectivity index (χ0v) is 14.8. The number of aliphatic hydroxyl groups excluding tert-OH is 1. The van der Waals surface area contributed by atoms with Crippen molar-refractivity contribution in [3.8, 4) is 11.4 Å². The number of aliphatic hydroxyl groups is 1. The minimum atomic E-state index is -4.21. The number of piperazine rings is 1. The molecule has 1 aromatic heterocycles. The number of nitrogens with two attached hydrogens (primary N) is 1. The van der Waals surface area contributed by atoms with Crippen molar-refractivity contribution in [3.63, 3.8) is 0 Å². The number of benzene rings is 1. The van der Waals surface area contributed by atoms with Crippen LogP contribution in [-0.4, -0.2) is 78.4 Å². The van der Waals surface area contributed by atoms with E-state index >= 15 is 0 Å². The van der Waals surface area contributed by atoms with Crippen molar-refractivity contribution in [2.75, 3.05) is 44.2 Å². The molecule has 1 saturated heterocycles. The van der Waals surface area contributed by atoms with Gasteiger partial charge in [-0.2, -0.15) is 5.21 Å². The molecule has 2 heterocycles. The van der Waals surface area contributed by atoms with Gasteiger partial charge in [0, 0.05) is 44.0 Å². The topological polar surface area (TPSA) is 141 Å². The van der Waals surface area contributed by atoms with Gasteiger partial charge in [-0.15, -0.1) is 10.2 Å². The van der Waals surface area contributed by atoms with E-state index in [1.165, 1.54) is 6.07 Å². The molecule has 0 atom stereocenters. The van der Waals surface area contributed by atoms with Crippen LogP contribution in [0.5, 0.6) is 0 Å². The average molecular weight is 385 g/mol. The first-order chi connectivity index (χ1) is 12.5. The van der Waals surface area contributed by atoms with Crippen LogP contribution >= 0.6 is 0 Å². The van der Waals surface area contributed by atoms with Gasteiger partial charge in [0.1, 0.15) is 11.6 Å². The van der Waals surface area contributed by atoms with E-state index in [0.717, 1.165) is 0 Å². The Balaban J connectivity index is 2.09. The first-order valence-corrected chi connectivity index (χ1v) is 9.57. The number of aromatic nitrogens is 4. The number of β-amino-alcohol motifs (C(OH)–C–C–N with tert-alkyl or cyclic N) is 1. The molecule has 0 aliphatic carbocycles. The second kappa shape index (κ2) is 7.61. The lowest BCUT2D eigenvalue weighted by Crippen LogP contribution is -2.47. The van der Waals surface area contributed by atoms with Gasteiger partial charge in [-0.1, -0.05) is 6.07 Å². The zero-order chi connectivity index (χ0) is 18.7. The molecule has 26 heavy (non-hydrogen) atoms. The monoisotopic (exact) mass is 385 g/mol. The van der Waals surface area contributed by atoms with Crippen molar-refractivity contribution in [3.05, 3.63) is 17.7 Å². The van der Waals surface area contributed by atoms with E-state index in [2.05, 4.69) is 25.5 Å². The van der Waals surface area contributed by atoms with Gasteiger partial charge in [0.05, 0.1) is 12.2 Å². The fraction of sp³-hybridized carbons (Fsp3) is 0.500. The number of tetrazole rings is 1. The Bertz CT molecular complexity index is 852. The molecule has 0 saturated carbocycles. The minimum absolute atomic E-state index is 0.0390. The summed E-state index contributed by atoms with van der Waals surface area (Å²) in [6, 6.07) is 3.07. The number of nitrogens with zero attached hydrogens (tertiary/aromatic N) is 5. The predicted octanol–water partition coefficient (Wildman–Crippen LogP) is -0.902. The fourth-order valence-electron chi connectivity index (χ4n) is 3.15. The third kappa shape index (κ3) is 3.67. The van der Waals surface area contributed by atoms with Gasteiger partial charge in [-0.05, 0) is 11.3 Å². The standard InChI is InChI=1S/C14H20FN7O3S/c15-9-10-1-2-11(22-5-3-21(4-6-22)7-8-23)12(13(10)26(16,24)25)14-17-19-20-18-14/h1-2,23H,3-9H2,(H2,16,24,25)(H,17,18,19,20). The Labute approximate surface area is 149 Å². The Hall–Kier alpha value is -2.15. The number of alkyl halides is 1. The lowest BCUT2D eigenvalue weighted by atomic mass is 10.1.